The third-order valence-corrected chi connectivity index (χ3v) is 6.95. The fraction of sp³-hybridized carbons (Fsp3) is 0.294. The maximum atomic E-state index is 12.2. The lowest BCUT2D eigenvalue weighted by Crippen LogP contribution is -2.30. The molecule has 0 aliphatic carbocycles. The lowest BCUT2D eigenvalue weighted by Gasteiger charge is -2.10. The van der Waals surface area contributed by atoms with E-state index in [1.54, 1.807) is 62.4 Å². The Bertz CT molecular complexity index is 861. The van der Waals surface area contributed by atoms with Gasteiger partial charge in [0.05, 0.1) is 9.79 Å². The summed E-state index contributed by atoms with van der Waals surface area (Å²) in [5.41, 5.74) is 1.32. The first-order valence-corrected chi connectivity index (χ1v) is 10.8. The van der Waals surface area contributed by atoms with Crippen molar-refractivity contribution < 1.29 is 16.8 Å². The maximum absolute atomic E-state index is 12.2. The molecule has 0 spiro atoms. The summed E-state index contributed by atoms with van der Waals surface area (Å²) in [6.07, 6.45) is 0.343. The molecule has 0 saturated carbocycles. The third kappa shape index (κ3) is 5.12. The Labute approximate surface area is 149 Å². The molecule has 2 N–H and O–H groups in total. The van der Waals surface area contributed by atoms with Crippen LogP contribution in [-0.4, -0.2) is 29.9 Å². The Morgan fingerprint density at radius 2 is 1.04 bits per heavy atom. The van der Waals surface area contributed by atoms with Crippen LogP contribution in [0, 0.1) is 13.8 Å². The molecule has 0 saturated heterocycles. The summed E-state index contributed by atoms with van der Waals surface area (Å²) < 4.78 is 53.9. The second-order valence-electron chi connectivity index (χ2n) is 5.68. The number of benzene rings is 2. The van der Waals surface area contributed by atoms with Crippen LogP contribution in [-0.2, 0) is 20.0 Å². The summed E-state index contributed by atoms with van der Waals surface area (Å²) in [6, 6.07) is 13.4. The molecule has 2 aromatic carbocycles. The van der Waals surface area contributed by atoms with Crippen LogP contribution in [0.5, 0.6) is 0 Å². The average molecular weight is 383 g/mol. The molecule has 2 aromatic rings. The fourth-order valence-corrected chi connectivity index (χ4v) is 5.01. The summed E-state index contributed by atoms with van der Waals surface area (Å²) in [6.45, 7) is 3.75. The number of rotatable bonds is 8. The highest BCUT2D eigenvalue weighted by Crippen LogP contribution is 2.14. The first kappa shape index (κ1) is 19.6. The smallest absolute Gasteiger partial charge is 0.211 e. The highest BCUT2D eigenvalue weighted by molar-refractivity contribution is 7.89. The second-order valence-corrected chi connectivity index (χ2v) is 9.15. The van der Waals surface area contributed by atoms with Crippen LogP contribution < -0.4 is 9.44 Å². The van der Waals surface area contributed by atoms with Crippen molar-refractivity contribution in [1.82, 2.24) is 9.44 Å². The number of hydrogen-bond donors (Lipinski definition) is 2. The predicted molar refractivity (Wildman–Crippen MR) is 97.4 cm³/mol. The molecule has 2 rings (SSSR count). The van der Waals surface area contributed by atoms with Crippen LogP contribution in [0.4, 0.5) is 0 Å². The van der Waals surface area contributed by atoms with Gasteiger partial charge in [0.2, 0.25) is 20.0 Å². The summed E-state index contributed by atoms with van der Waals surface area (Å²) in [4.78, 5) is 0.464. The first-order valence-electron chi connectivity index (χ1n) is 7.84. The number of hydrogen-bond acceptors (Lipinski definition) is 4. The van der Waals surface area contributed by atoms with Gasteiger partial charge in [-0.25, -0.2) is 26.3 Å². The molecule has 0 bridgehead atoms. The molecule has 0 fully saturated rings. The first-order chi connectivity index (χ1) is 11.7. The summed E-state index contributed by atoms with van der Waals surface area (Å²) in [5.74, 6) is 0. The summed E-state index contributed by atoms with van der Waals surface area (Å²) in [5, 5.41) is 0. The van der Waals surface area contributed by atoms with Gasteiger partial charge in [-0.2, -0.15) is 0 Å². The molecular weight excluding hydrogens is 360 g/mol. The fourth-order valence-electron chi connectivity index (χ4n) is 2.37. The number of sulfonamides is 2. The van der Waals surface area contributed by atoms with Gasteiger partial charge in [-0.05, 0) is 43.5 Å². The van der Waals surface area contributed by atoms with Crippen molar-refractivity contribution in [1.29, 1.82) is 0 Å². The van der Waals surface area contributed by atoms with Crippen molar-refractivity contribution in [2.75, 3.05) is 13.1 Å². The van der Waals surface area contributed by atoms with E-state index < -0.39 is 20.0 Å². The number of aryl methyl sites for hydroxylation is 2. The molecule has 6 nitrogen and oxygen atoms in total. The SMILES string of the molecule is Cc1ccccc1S(=O)(=O)NCCCNS(=O)(=O)c1ccccc1C. The molecular formula is C17H22N2O4S2. The van der Waals surface area contributed by atoms with E-state index in [1.165, 1.54) is 0 Å². The summed E-state index contributed by atoms with van der Waals surface area (Å²) in [7, 11) is -7.19. The molecule has 136 valence electrons. The molecule has 0 aliphatic heterocycles. The Hall–Kier alpha value is -1.74. The standard InChI is InChI=1S/C17H22N2O4S2/c1-14-8-3-5-10-16(14)24(20,21)18-12-7-13-19-25(22,23)17-11-6-4-9-15(17)2/h3-6,8-11,18-19H,7,12-13H2,1-2H3. The van der Waals surface area contributed by atoms with Crippen LogP contribution in [0.25, 0.3) is 0 Å². The van der Waals surface area contributed by atoms with E-state index in [4.69, 9.17) is 0 Å². The molecule has 0 aromatic heterocycles. The van der Waals surface area contributed by atoms with E-state index in [-0.39, 0.29) is 22.9 Å². The maximum Gasteiger partial charge on any atom is 0.240 e. The van der Waals surface area contributed by atoms with Crippen LogP contribution in [0.15, 0.2) is 58.3 Å². The lowest BCUT2D eigenvalue weighted by molar-refractivity contribution is 0.572. The molecule has 0 amide bonds. The highest BCUT2D eigenvalue weighted by atomic mass is 32.2. The summed E-state index contributed by atoms with van der Waals surface area (Å²) >= 11 is 0. The van der Waals surface area contributed by atoms with Crippen molar-refractivity contribution in [3.63, 3.8) is 0 Å². The van der Waals surface area contributed by atoms with Crippen molar-refractivity contribution in [3.05, 3.63) is 59.7 Å². The van der Waals surface area contributed by atoms with Gasteiger partial charge in [0.1, 0.15) is 0 Å². The van der Waals surface area contributed by atoms with Crippen LogP contribution >= 0.6 is 0 Å². The third-order valence-electron chi connectivity index (χ3n) is 3.70. The van der Waals surface area contributed by atoms with Gasteiger partial charge < -0.3 is 0 Å². The highest BCUT2D eigenvalue weighted by Gasteiger charge is 2.17. The molecule has 0 aliphatic rings. The van der Waals surface area contributed by atoms with Gasteiger partial charge in [-0.3, -0.25) is 0 Å². The van der Waals surface area contributed by atoms with Crippen molar-refractivity contribution in [3.8, 4) is 0 Å². The molecule has 0 unspecified atom stereocenters. The zero-order chi connectivity index (χ0) is 18.5. The largest absolute Gasteiger partial charge is 0.240 e. The molecule has 0 heterocycles. The molecule has 8 heteroatoms. The van der Waals surface area contributed by atoms with Gasteiger partial charge >= 0.3 is 0 Å². The topological polar surface area (TPSA) is 92.3 Å². The van der Waals surface area contributed by atoms with E-state index in [2.05, 4.69) is 9.44 Å². The Kier molecular flexibility index (Phi) is 6.34. The van der Waals surface area contributed by atoms with Crippen LogP contribution in [0.2, 0.25) is 0 Å². The quantitative estimate of drug-likeness (QED) is 0.683. The van der Waals surface area contributed by atoms with Crippen LogP contribution in [0.1, 0.15) is 17.5 Å². The van der Waals surface area contributed by atoms with E-state index in [9.17, 15) is 16.8 Å². The van der Waals surface area contributed by atoms with Gasteiger partial charge in [0.15, 0.2) is 0 Å². The van der Waals surface area contributed by atoms with E-state index in [1.807, 2.05) is 0 Å². The Morgan fingerprint density at radius 3 is 1.40 bits per heavy atom. The van der Waals surface area contributed by atoms with Crippen molar-refractivity contribution >= 4 is 20.0 Å². The molecule has 0 radical (unpaired) electrons. The monoisotopic (exact) mass is 382 g/mol. The van der Waals surface area contributed by atoms with Gasteiger partial charge in [0, 0.05) is 13.1 Å². The normalized spacial score (nSPS) is 12.2. The zero-order valence-electron chi connectivity index (χ0n) is 14.2. The Balaban J connectivity index is 1.88. The molecule has 0 atom stereocenters. The van der Waals surface area contributed by atoms with E-state index >= 15 is 0 Å². The minimum atomic E-state index is -3.59. The zero-order valence-corrected chi connectivity index (χ0v) is 15.8. The average Bonchev–Trinajstić information content (AvgIpc) is 2.54. The van der Waals surface area contributed by atoms with E-state index in [0.29, 0.717) is 17.5 Å². The lowest BCUT2D eigenvalue weighted by atomic mass is 10.2. The van der Waals surface area contributed by atoms with Crippen molar-refractivity contribution in [2.24, 2.45) is 0 Å². The van der Waals surface area contributed by atoms with Gasteiger partial charge in [-0.15, -0.1) is 0 Å². The number of nitrogens with one attached hydrogen (secondary N) is 2. The van der Waals surface area contributed by atoms with Gasteiger partial charge in [-0.1, -0.05) is 36.4 Å². The molecule has 25 heavy (non-hydrogen) atoms. The predicted octanol–water partition coefficient (Wildman–Crippen LogP) is 1.95. The van der Waals surface area contributed by atoms with Crippen LogP contribution in [0.3, 0.4) is 0 Å². The van der Waals surface area contributed by atoms with Crippen molar-refractivity contribution in [2.45, 2.75) is 30.1 Å². The minimum absolute atomic E-state index is 0.146. The minimum Gasteiger partial charge on any atom is -0.211 e. The van der Waals surface area contributed by atoms with Gasteiger partial charge in [0.25, 0.3) is 0 Å². The second kappa shape index (κ2) is 8.09. The Morgan fingerprint density at radius 1 is 0.680 bits per heavy atom. The van der Waals surface area contributed by atoms with E-state index in [0.717, 1.165) is 0 Å².